The zero-order chi connectivity index (χ0) is 23.1. The molecule has 0 saturated carbocycles. The Morgan fingerprint density at radius 1 is 1.21 bits per heavy atom. The van der Waals surface area contributed by atoms with E-state index in [2.05, 4.69) is 26.2 Å². The van der Waals surface area contributed by atoms with E-state index < -0.39 is 5.82 Å². The van der Waals surface area contributed by atoms with E-state index in [-0.39, 0.29) is 22.0 Å². The van der Waals surface area contributed by atoms with E-state index >= 15 is 4.39 Å². The van der Waals surface area contributed by atoms with E-state index in [1.54, 1.807) is 18.0 Å². The van der Waals surface area contributed by atoms with Gasteiger partial charge in [0.05, 0.1) is 16.3 Å². The number of pyridine rings is 1. The van der Waals surface area contributed by atoms with Crippen molar-refractivity contribution in [2.75, 3.05) is 43.4 Å². The molecule has 168 valence electrons. The maximum Gasteiger partial charge on any atom is 0.246 e. The molecule has 1 aliphatic heterocycles. The highest BCUT2D eigenvalue weighted by atomic mass is 35.5. The van der Waals surface area contributed by atoms with Crippen LogP contribution in [0, 0.1) is 5.82 Å². The zero-order valence-corrected chi connectivity index (χ0v) is 19.5. The summed E-state index contributed by atoms with van der Waals surface area (Å²) in [5.74, 6) is 0.0719. The normalized spacial score (nSPS) is 14.2. The second-order valence-electron chi connectivity index (χ2n) is 7.77. The van der Waals surface area contributed by atoms with Crippen molar-refractivity contribution in [1.82, 2.24) is 14.3 Å². The van der Waals surface area contributed by atoms with Crippen molar-refractivity contribution >= 4 is 61.5 Å². The number of fused-ring (bicyclic) bond motifs is 2. The van der Waals surface area contributed by atoms with Gasteiger partial charge in [-0.2, -0.15) is 4.37 Å². The van der Waals surface area contributed by atoms with Crippen LogP contribution in [0.5, 0.6) is 0 Å². The lowest BCUT2D eigenvalue weighted by Crippen LogP contribution is -2.48. The van der Waals surface area contributed by atoms with Gasteiger partial charge in [0, 0.05) is 44.0 Å². The first-order valence-corrected chi connectivity index (χ1v) is 11.7. The molecule has 5 rings (SSSR count). The molecule has 2 aromatic heterocycles. The van der Waals surface area contributed by atoms with Crippen LogP contribution in [0.3, 0.4) is 0 Å². The van der Waals surface area contributed by atoms with Crippen molar-refractivity contribution in [3.05, 3.63) is 59.9 Å². The van der Waals surface area contributed by atoms with Gasteiger partial charge in [0.1, 0.15) is 16.3 Å². The van der Waals surface area contributed by atoms with Crippen molar-refractivity contribution in [2.24, 2.45) is 0 Å². The zero-order valence-electron chi connectivity index (χ0n) is 17.9. The van der Waals surface area contributed by atoms with Gasteiger partial charge in [0.15, 0.2) is 5.82 Å². The highest BCUT2D eigenvalue weighted by Gasteiger charge is 2.26. The van der Waals surface area contributed by atoms with E-state index in [9.17, 15) is 4.79 Å². The Balaban J connectivity index is 1.59. The number of benzene rings is 2. The Kier molecular flexibility index (Phi) is 5.64. The molecule has 1 amide bonds. The standard InChI is InChI=1S/C24H21ClFN5OS/c1-3-19(32)30-8-10-31(11-9-30)24-16-13-17(25)20(21(26)23(16)29-33-24)22-15-7-5-4-6-14(15)12-18(27-2)28-22/h3-7,12-13H,1,8-11H2,2H3,(H,27,28). The highest BCUT2D eigenvalue weighted by molar-refractivity contribution is 7.11. The van der Waals surface area contributed by atoms with E-state index in [0.717, 1.165) is 15.8 Å². The predicted molar refractivity (Wildman–Crippen MR) is 134 cm³/mol. The van der Waals surface area contributed by atoms with Crippen LogP contribution in [-0.4, -0.2) is 53.4 Å². The van der Waals surface area contributed by atoms with Crippen LogP contribution in [-0.2, 0) is 4.79 Å². The smallest absolute Gasteiger partial charge is 0.246 e. The van der Waals surface area contributed by atoms with Gasteiger partial charge >= 0.3 is 0 Å². The van der Waals surface area contributed by atoms with Gasteiger partial charge in [0.25, 0.3) is 0 Å². The van der Waals surface area contributed by atoms with Crippen LogP contribution >= 0.6 is 23.1 Å². The summed E-state index contributed by atoms with van der Waals surface area (Å²) in [5.41, 5.74) is 1.00. The average Bonchev–Trinajstić information content (AvgIpc) is 3.27. The largest absolute Gasteiger partial charge is 0.373 e. The lowest BCUT2D eigenvalue weighted by atomic mass is 10.0. The van der Waals surface area contributed by atoms with Gasteiger partial charge in [-0.15, -0.1) is 0 Å². The molecular formula is C24H21ClFN5OS. The summed E-state index contributed by atoms with van der Waals surface area (Å²) < 4.78 is 20.3. The maximum absolute atomic E-state index is 15.9. The first-order chi connectivity index (χ1) is 16.0. The Hall–Kier alpha value is -3.23. The molecule has 1 saturated heterocycles. The van der Waals surface area contributed by atoms with Crippen molar-refractivity contribution in [3.63, 3.8) is 0 Å². The average molecular weight is 482 g/mol. The third kappa shape index (κ3) is 3.69. The van der Waals surface area contributed by atoms with Crippen LogP contribution < -0.4 is 10.2 Å². The number of carbonyl (C=O) groups is 1. The number of carbonyl (C=O) groups excluding carboxylic acids is 1. The van der Waals surface area contributed by atoms with E-state index in [4.69, 9.17) is 11.6 Å². The highest BCUT2D eigenvalue weighted by Crippen LogP contribution is 2.42. The molecule has 0 bridgehead atoms. The number of aromatic nitrogens is 2. The monoisotopic (exact) mass is 481 g/mol. The fraction of sp³-hybridized carbons (Fsp3) is 0.208. The predicted octanol–water partition coefficient (Wildman–Crippen LogP) is 5.18. The number of nitrogens with one attached hydrogen (secondary N) is 1. The van der Waals surface area contributed by atoms with Crippen LogP contribution in [0.15, 0.2) is 49.1 Å². The number of hydrogen-bond acceptors (Lipinski definition) is 6. The molecule has 4 aromatic rings. The van der Waals surface area contributed by atoms with Gasteiger partial charge in [-0.3, -0.25) is 4.79 Å². The fourth-order valence-electron chi connectivity index (χ4n) is 4.22. The summed E-state index contributed by atoms with van der Waals surface area (Å²) in [4.78, 5) is 20.4. The fourth-order valence-corrected chi connectivity index (χ4v) is 5.41. The molecule has 1 N–H and O–H groups in total. The SMILES string of the molecule is C=CC(=O)N1CCN(c2snc3c(F)c(-c4nc(NC)cc5ccccc45)c(Cl)cc23)CC1. The van der Waals surface area contributed by atoms with Crippen LogP contribution in [0.4, 0.5) is 15.2 Å². The van der Waals surface area contributed by atoms with Gasteiger partial charge in [-0.05, 0) is 35.1 Å². The van der Waals surface area contributed by atoms with Crippen molar-refractivity contribution in [2.45, 2.75) is 0 Å². The molecule has 0 radical (unpaired) electrons. The first-order valence-electron chi connectivity index (χ1n) is 10.5. The molecule has 2 aromatic carbocycles. The minimum absolute atomic E-state index is 0.0777. The first kappa shape index (κ1) is 21.6. The molecule has 33 heavy (non-hydrogen) atoms. The summed E-state index contributed by atoms with van der Waals surface area (Å²) in [6.45, 7) is 5.97. The lowest BCUT2D eigenvalue weighted by Gasteiger charge is -2.34. The summed E-state index contributed by atoms with van der Waals surface area (Å²) in [7, 11) is 1.77. The van der Waals surface area contributed by atoms with Crippen molar-refractivity contribution < 1.29 is 9.18 Å². The molecule has 0 atom stereocenters. The maximum atomic E-state index is 15.9. The third-order valence-corrected chi connectivity index (χ3v) is 7.16. The van der Waals surface area contributed by atoms with Crippen molar-refractivity contribution in [1.29, 1.82) is 0 Å². The number of hydrogen-bond donors (Lipinski definition) is 1. The van der Waals surface area contributed by atoms with Gasteiger partial charge in [-0.1, -0.05) is 42.4 Å². The second kappa shape index (κ2) is 8.61. The van der Waals surface area contributed by atoms with E-state index in [1.165, 1.54) is 17.6 Å². The quantitative estimate of drug-likeness (QED) is 0.407. The Morgan fingerprint density at radius 3 is 2.70 bits per heavy atom. The van der Waals surface area contributed by atoms with E-state index in [0.29, 0.717) is 43.1 Å². The Labute approximate surface area is 199 Å². The van der Waals surface area contributed by atoms with Crippen LogP contribution in [0.2, 0.25) is 5.02 Å². The number of rotatable bonds is 4. The molecule has 1 fully saturated rings. The number of halogens is 2. The molecule has 0 unspecified atom stereocenters. The minimum Gasteiger partial charge on any atom is -0.373 e. The molecular weight excluding hydrogens is 461 g/mol. The Morgan fingerprint density at radius 2 is 1.97 bits per heavy atom. The topological polar surface area (TPSA) is 61.4 Å². The minimum atomic E-state index is -0.480. The summed E-state index contributed by atoms with van der Waals surface area (Å²) in [6, 6.07) is 11.4. The van der Waals surface area contributed by atoms with Crippen LogP contribution in [0.1, 0.15) is 0 Å². The lowest BCUT2D eigenvalue weighted by molar-refractivity contribution is -0.126. The van der Waals surface area contributed by atoms with Crippen molar-refractivity contribution in [3.8, 4) is 11.3 Å². The summed E-state index contributed by atoms with van der Waals surface area (Å²) >= 11 is 7.93. The van der Waals surface area contributed by atoms with Gasteiger partial charge < -0.3 is 15.1 Å². The number of piperazine rings is 1. The Bertz CT molecular complexity index is 1400. The molecule has 0 aliphatic carbocycles. The molecule has 1 aliphatic rings. The molecule has 0 spiro atoms. The summed E-state index contributed by atoms with van der Waals surface area (Å²) in [6.07, 6.45) is 1.33. The second-order valence-corrected chi connectivity index (χ2v) is 8.93. The van der Waals surface area contributed by atoms with E-state index in [1.807, 2.05) is 30.3 Å². The van der Waals surface area contributed by atoms with Gasteiger partial charge in [0.2, 0.25) is 5.91 Å². The molecule has 3 heterocycles. The molecule has 9 heteroatoms. The number of anilines is 2. The molecule has 6 nitrogen and oxygen atoms in total. The van der Waals surface area contributed by atoms with Gasteiger partial charge in [-0.25, -0.2) is 9.37 Å². The number of nitrogens with zero attached hydrogens (tertiary/aromatic N) is 4. The number of amides is 1. The van der Waals surface area contributed by atoms with Crippen LogP contribution in [0.25, 0.3) is 32.9 Å². The summed E-state index contributed by atoms with van der Waals surface area (Å²) in [5, 5.41) is 6.60. The third-order valence-electron chi connectivity index (χ3n) is 5.93.